The van der Waals surface area contributed by atoms with E-state index < -0.39 is 0 Å². The number of nitrogens with zero attached hydrogens (tertiary/aromatic N) is 3. The summed E-state index contributed by atoms with van der Waals surface area (Å²) in [6.07, 6.45) is 5.24. The average Bonchev–Trinajstić information content (AvgIpc) is 2.75. The van der Waals surface area contributed by atoms with Gasteiger partial charge in [0.05, 0.1) is 5.69 Å². The van der Waals surface area contributed by atoms with Crippen molar-refractivity contribution in [3.05, 3.63) is 53.1 Å². The van der Waals surface area contributed by atoms with Crippen molar-refractivity contribution in [2.45, 2.75) is 0 Å². The zero-order chi connectivity index (χ0) is 11.8. The molecule has 0 amide bonds. The summed E-state index contributed by atoms with van der Waals surface area (Å²) in [5.41, 5.74) is 1.03. The van der Waals surface area contributed by atoms with Gasteiger partial charge in [-0.25, -0.2) is 14.4 Å². The number of imidazole rings is 1. The van der Waals surface area contributed by atoms with Gasteiger partial charge < -0.3 is 0 Å². The summed E-state index contributed by atoms with van der Waals surface area (Å²) in [5.74, 6) is 0.262. The summed E-state index contributed by atoms with van der Waals surface area (Å²) in [6, 6.07) is 6.58. The molecule has 5 heteroatoms. The van der Waals surface area contributed by atoms with Crippen LogP contribution in [0.25, 0.3) is 17.0 Å². The monoisotopic (exact) mass is 291 g/mol. The Hall–Kier alpha value is -1.75. The number of benzene rings is 1. The third-order valence-electron chi connectivity index (χ3n) is 2.44. The van der Waals surface area contributed by atoms with Gasteiger partial charge in [0.2, 0.25) is 5.78 Å². The normalized spacial score (nSPS) is 10.9. The van der Waals surface area contributed by atoms with Crippen molar-refractivity contribution in [2.75, 3.05) is 0 Å². The minimum Gasteiger partial charge on any atom is -0.291 e. The van der Waals surface area contributed by atoms with Crippen molar-refractivity contribution in [3.8, 4) is 11.3 Å². The molecule has 2 aromatic heterocycles. The number of rotatable bonds is 1. The summed E-state index contributed by atoms with van der Waals surface area (Å²) < 4.78 is 16.3. The van der Waals surface area contributed by atoms with Crippen molar-refractivity contribution in [1.82, 2.24) is 14.4 Å². The SMILES string of the molecule is Fc1ccc(Br)cc1-c1cn2cccnc2n1. The van der Waals surface area contributed by atoms with Crippen molar-refractivity contribution in [1.29, 1.82) is 0 Å². The first-order chi connectivity index (χ1) is 8.24. The molecule has 0 saturated heterocycles. The Balaban J connectivity index is 2.23. The number of hydrogen-bond donors (Lipinski definition) is 0. The van der Waals surface area contributed by atoms with Gasteiger partial charge in [-0.3, -0.25) is 4.40 Å². The molecule has 0 aliphatic heterocycles. The molecule has 0 aliphatic rings. The van der Waals surface area contributed by atoms with Crippen LogP contribution < -0.4 is 0 Å². The maximum absolute atomic E-state index is 13.7. The van der Waals surface area contributed by atoms with Crippen LogP contribution in [0.4, 0.5) is 4.39 Å². The lowest BCUT2D eigenvalue weighted by Crippen LogP contribution is -1.84. The fourth-order valence-electron chi connectivity index (χ4n) is 1.65. The Morgan fingerprint density at radius 1 is 1.29 bits per heavy atom. The maximum Gasteiger partial charge on any atom is 0.234 e. The van der Waals surface area contributed by atoms with E-state index in [2.05, 4.69) is 25.9 Å². The van der Waals surface area contributed by atoms with Crippen LogP contribution in [0.3, 0.4) is 0 Å². The molecular formula is C12H7BrFN3. The first-order valence-electron chi connectivity index (χ1n) is 4.99. The van der Waals surface area contributed by atoms with Gasteiger partial charge in [-0.2, -0.15) is 0 Å². The van der Waals surface area contributed by atoms with Gasteiger partial charge >= 0.3 is 0 Å². The highest BCUT2D eigenvalue weighted by Crippen LogP contribution is 2.25. The summed E-state index contributed by atoms with van der Waals surface area (Å²) in [4.78, 5) is 8.37. The second kappa shape index (κ2) is 3.92. The highest BCUT2D eigenvalue weighted by molar-refractivity contribution is 9.10. The first-order valence-corrected chi connectivity index (χ1v) is 5.78. The van der Waals surface area contributed by atoms with Crippen LogP contribution in [-0.2, 0) is 0 Å². The molecule has 84 valence electrons. The second-order valence-electron chi connectivity index (χ2n) is 3.58. The Morgan fingerprint density at radius 3 is 3.00 bits per heavy atom. The van der Waals surface area contributed by atoms with Crippen molar-refractivity contribution in [3.63, 3.8) is 0 Å². The highest BCUT2D eigenvalue weighted by atomic mass is 79.9. The molecule has 0 spiro atoms. The van der Waals surface area contributed by atoms with Crippen LogP contribution >= 0.6 is 15.9 Å². The van der Waals surface area contributed by atoms with E-state index in [1.807, 2.05) is 6.20 Å². The Kier molecular flexibility index (Phi) is 2.40. The quantitative estimate of drug-likeness (QED) is 0.689. The van der Waals surface area contributed by atoms with E-state index in [0.717, 1.165) is 4.47 Å². The van der Waals surface area contributed by atoms with E-state index in [1.165, 1.54) is 6.07 Å². The highest BCUT2D eigenvalue weighted by Gasteiger charge is 2.10. The largest absolute Gasteiger partial charge is 0.291 e. The third kappa shape index (κ3) is 1.82. The van der Waals surface area contributed by atoms with Crippen LogP contribution in [0.15, 0.2) is 47.3 Å². The Morgan fingerprint density at radius 2 is 2.18 bits per heavy atom. The lowest BCUT2D eigenvalue weighted by molar-refractivity contribution is 0.630. The maximum atomic E-state index is 13.7. The van der Waals surface area contributed by atoms with E-state index in [0.29, 0.717) is 17.0 Å². The molecule has 0 aliphatic carbocycles. The van der Waals surface area contributed by atoms with Gasteiger partial charge in [0.1, 0.15) is 5.82 Å². The molecule has 0 bridgehead atoms. The molecule has 2 heterocycles. The zero-order valence-electron chi connectivity index (χ0n) is 8.64. The molecule has 0 atom stereocenters. The van der Waals surface area contributed by atoms with E-state index in [4.69, 9.17) is 0 Å². The van der Waals surface area contributed by atoms with E-state index in [9.17, 15) is 4.39 Å². The molecule has 0 fully saturated rings. The summed E-state index contributed by atoms with van der Waals surface area (Å²) in [6.45, 7) is 0. The van der Waals surface area contributed by atoms with Crippen LogP contribution in [0.1, 0.15) is 0 Å². The molecule has 3 rings (SSSR count). The first kappa shape index (κ1) is 10.4. The second-order valence-corrected chi connectivity index (χ2v) is 4.49. The predicted octanol–water partition coefficient (Wildman–Crippen LogP) is 3.30. The number of halogens is 2. The van der Waals surface area contributed by atoms with Crippen molar-refractivity contribution >= 4 is 21.7 Å². The summed E-state index contributed by atoms with van der Waals surface area (Å²) >= 11 is 3.32. The fraction of sp³-hybridized carbons (Fsp3) is 0. The zero-order valence-corrected chi connectivity index (χ0v) is 10.2. The van der Waals surface area contributed by atoms with Crippen LogP contribution in [-0.4, -0.2) is 14.4 Å². The van der Waals surface area contributed by atoms with Crippen molar-refractivity contribution in [2.24, 2.45) is 0 Å². The van der Waals surface area contributed by atoms with Crippen LogP contribution in [0.5, 0.6) is 0 Å². The van der Waals surface area contributed by atoms with Gasteiger partial charge in [0.25, 0.3) is 0 Å². The fourth-order valence-corrected chi connectivity index (χ4v) is 2.01. The number of fused-ring (bicyclic) bond motifs is 1. The molecule has 0 N–H and O–H groups in total. The van der Waals surface area contributed by atoms with Gasteiger partial charge in [-0.1, -0.05) is 15.9 Å². The summed E-state index contributed by atoms with van der Waals surface area (Å²) in [7, 11) is 0. The molecular weight excluding hydrogens is 285 g/mol. The minimum absolute atomic E-state index is 0.295. The van der Waals surface area contributed by atoms with E-state index in [1.54, 1.807) is 35.0 Å². The smallest absolute Gasteiger partial charge is 0.234 e. The lowest BCUT2D eigenvalue weighted by atomic mass is 10.1. The third-order valence-corrected chi connectivity index (χ3v) is 2.93. The molecule has 3 nitrogen and oxygen atoms in total. The molecule has 3 aromatic rings. The molecule has 0 unspecified atom stereocenters. The molecule has 17 heavy (non-hydrogen) atoms. The van der Waals surface area contributed by atoms with Gasteiger partial charge in [-0.05, 0) is 24.3 Å². The standard InChI is InChI=1S/C12H7BrFN3/c13-8-2-3-10(14)9(6-8)11-7-17-5-1-4-15-12(17)16-11/h1-7H. The van der Waals surface area contributed by atoms with Crippen molar-refractivity contribution < 1.29 is 4.39 Å². The Bertz CT molecular complexity index is 660. The molecule has 0 saturated carbocycles. The predicted molar refractivity (Wildman–Crippen MR) is 66.1 cm³/mol. The van der Waals surface area contributed by atoms with Crippen LogP contribution in [0.2, 0.25) is 0 Å². The lowest BCUT2D eigenvalue weighted by Gasteiger charge is -1.99. The minimum atomic E-state index is -0.295. The van der Waals surface area contributed by atoms with E-state index in [-0.39, 0.29) is 5.82 Å². The molecule has 0 radical (unpaired) electrons. The van der Waals surface area contributed by atoms with Gasteiger partial charge in [0.15, 0.2) is 0 Å². The topological polar surface area (TPSA) is 30.2 Å². The average molecular weight is 292 g/mol. The number of hydrogen-bond acceptors (Lipinski definition) is 2. The van der Waals surface area contributed by atoms with Crippen LogP contribution in [0, 0.1) is 5.82 Å². The van der Waals surface area contributed by atoms with Gasteiger partial charge in [-0.15, -0.1) is 0 Å². The van der Waals surface area contributed by atoms with E-state index >= 15 is 0 Å². The number of aromatic nitrogens is 3. The molecule has 1 aromatic carbocycles. The summed E-state index contributed by atoms with van der Waals surface area (Å²) in [5, 5.41) is 0. The van der Waals surface area contributed by atoms with Gasteiger partial charge in [0, 0.05) is 28.6 Å². The Labute approximate surface area is 105 Å².